The van der Waals surface area contributed by atoms with E-state index >= 15 is 0 Å². The summed E-state index contributed by atoms with van der Waals surface area (Å²) in [5.74, 6) is -0.0197. The van der Waals surface area contributed by atoms with E-state index in [0.717, 1.165) is 5.69 Å². The highest BCUT2D eigenvalue weighted by molar-refractivity contribution is 6.06. The van der Waals surface area contributed by atoms with Crippen molar-refractivity contribution in [2.24, 2.45) is 0 Å². The lowest BCUT2D eigenvalue weighted by Gasteiger charge is -2.18. The fraction of sp³-hybridized carbons (Fsp3) is 0.200. The molecule has 0 spiro atoms. The topological polar surface area (TPSA) is 50.9 Å². The molecule has 1 aromatic carbocycles. The summed E-state index contributed by atoms with van der Waals surface area (Å²) in [5, 5.41) is 16.0. The van der Waals surface area contributed by atoms with Gasteiger partial charge >= 0.3 is 0 Å². The number of amidine groups is 1. The van der Waals surface area contributed by atoms with Crippen LogP contribution in [0, 0.1) is 16.7 Å². The molecule has 0 amide bonds. The summed E-state index contributed by atoms with van der Waals surface area (Å²) in [7, 11) is 0. The van der Waals surface area contributed by atoms with Gasteiger partial charge < -0.3 is 4.90 Å². The highest BCUT2D eigenvalue weighted by atomic mass is 15.2. The molecule has 0 heterocycles. The second kappa shape index (κ2) is 4.27. The maximum atomic E-state index is 8.58. The molecule has 0 fully saturated rings. The second-order valence-corrected chi connectivity index (χ2v) is 2.54. The van der Waals surface area contributed by atoms with Crippen LogP contribution in [0.3, 0.4) is 0 Å². The lowest BCUT2D eigenvalue weighted by atomic mass is 10.3. The van der Waals surface area contributed by atoms with Gasteiger partial charge in [-0.2, -0.15) is 5.26 Å². The first-order valence-corrected chi connectivity index (χ1v) is 4.10. The first-order chi connectivity index (χ1) is 6.29. The molecule has 3 heteroatoms. The Labute approximate surface area is 77.7 Å². The molecule has 0 aliphatic rings. The Morgan fingerprint density at radius 3 is 2.54 bits per heavy atom. The standard InChI is InChI=1S/C10H11N3/c1-2-13(10(12)8-11)9-6-4-3-5-7-9/h3-7,12H,2H2,1H3. The fourth-order valence-electron chi connectivity index (χ4n) is 1.14. The van der Waals surface area contributed by atoms with Gasteiger partial charge in [-0.15, -0.1) is 0 Å². The van der Waals surface area contributed by atoms with Crippen molar-refractivity contribution < 1.29 is 0 Å². The van der Waals surface area contributed by atoms with Crippen LogP contribution in [0.1, 0.15) is 6.92 Å². The maximum Gasteiger partial charge on any atom is 0.205 e. The van der Waals surface area contributed by atoms with Crippen molar-refractivity contribution >= 4 is 11.5 Å². The lowest BCUT2D eigenvalue weighted by molar-refractivity contribution is 1.05. The van der Waals surface area contributed by atoms with Gasteiger partial charge in [0.05, 0.1) is 0 Å². The molecule has 0 radical (unpaired) electrons. The van der Waals surface area contributed by atoms with E-state index in [1.807, 2.05) is 43.3 Å². The summed E-state index contributed by atoms with van der Waals surface area (Å²) < 4.78 is 0. The number of hydrogen-bond acceptors (Lipinski definition) is 2. The van der Waals surface area contributed by atoms with E-state index in [1.54, 1.807) is 4.90 Å². The van der Waals surface area contributed by atoms with Crippen molar-refractivity contribution in [3.05, 3.63) is 30.3 Å². The second-order valence-electron chi connectivity index (χ2n) is 2.54. The first-order valence-electron chi connectivity index (χ1n) is 4.10. The zero-order chi connectivity index (χ0) is 9.68. The van der Waals surface area contributed by atoms with E-state index in [4.69, 9.17) is 10.7 Å². The molecule has 66 valence electrons. The monoisotopic (exact) mass is 173 g/mol. The van der Waals surface area contributed by atoms with Gasteiger partial charge in [-0.3, -0.25) is 5.41 Å². The largest absolute Gasteiger partial charge is 0.318 e. The molecule has 0 bridgehead atoms. The Kier molecular flexibility index (Phi) is 3.04. The Morgan fingerprint density at radius 1 is 1.46 bits per heavy atom. The highest BCUT2D eigenvalue weighted by Crippen LogP contribution is 2.12. The van der Waals surface area contributed by atoms with Gasteiger partial charge in [0, 0.05) is 12.2 Å². The summed E-state index contributed by atoms with van der Waals surface area (Å²) in [4.78, 5) is 1.65. The quantitative estimate of drug-likeness (QED) is 0.549. The zero-order valence-corrected chi connectivity index (χ0v) is 7.49. The maximum absolute atomic E-state index is 8.58. The third-order valence-corrected chi connectivity index (χ3v) is 1.76. The predicted molar refractivity (Wildman–Crippen MR) is 52.8 cm³/mol. The number of rotatable bonds is 2. The smallest absolute Gasteiger partial charge is 0.205 e. The van der Waals surface area contributed by atoms with Gasteiger partial charge in [0.1, 0.15) is 6.07 Å². The Balaban J connectivity index is 2.93. The minimum absolute atomic E-state index is 0.0197. The van der Waals surface area contributed by atoms with E-state index in [0.29, 0.717) is 6.54 Å². The van der Waals surface area contributed by atoms with Crippen LogP contribution in [-0.2, 0) is 0 Å². The van der Waals surface area contributed by atoms with E-state index in [2.05, 4.69) is 0 Å². The molecule has 0 saturated carbocycles. The number of nitrogens with zero attached hydrogens (tertiary/aromatic N) is 2. The molecule has 13 heavy (non-hydrogen) atoms. The average Bonchev–Trinajstić information content (AvgIpc) is 2.20. The van der Waals surface area contributed by atoms with E-state index in [-0.39, 0.29) is 5.84 Å². The Morgan fingerprint density at radius 2 is 2.08 bits per heavy atom. The van der Waals surface area contributed by atoms with Crippen LogP contribution in [0.25, 0.3) is 0 Å². The van der Waals surface area contributed by atoms with Crippen molar-refractivity contribution in [2.45, 2.75) is 6.92 Å². The van der Waals surface area contributed by atoms with Crippen LogP contribution in [0.15, 0.2) is 30.3 Å². The summed E-state index contributed by atoms with van der Waals surface area (Å²) >= 11 is 0. The molecule has 0 saturated heterocycles. The molecule has 0 aliphatic heterocycles. The van der Waals surface area contributed by atoms with Gasteiger partial charge in [-0.05, 0) is 19.1 Å². The molecular formula is C10H11N3. The van der Waals surface area contributed by atoms with Gasteiger partial charge in [0.15, 0.2) is 0 Å². The number of hydrogen-bond donors (Lipinski definition) is 1. The van der Waals surface area contributed by atoms with Crippen LogP contribution in [0.5, 0.6) is 0 Å². The number of para-hydroxylation sites is 1. The molecule has 1 N–H and O–H groups in total. The number of nitriles is 1. The third-order valence-electron chi connectivity index (χ3n) is 1.76. The van der Waals surface area contributed by atoms with Gasteiger partial charge in [0.25, 0.3) is 0 Å². The van der Waals surface area contributed by atoms with Crippen molar-refractivity contribution in [3.8, 4) is 6.07 Å². The van der Waals surface area contributed by atoms with E-state index in [9.17, 15) is 0 Å². The summed E-state index contributed by atoms with van der Waals surface area (Å²) in [6.07, 6.45) is 0. The van der Waals surface area contributed by atoms with Crippen LogP contribution in [0.2, 0.25) is 0 Å². The Bertz CT molecular complexity index is 324. The number of anilines is 1. The molecule has 0 aromatic heterocycles. The zero-order valence-electron chi connectivity index (χ0n) is 7.49. The molecule has 0 atom stereocenters. The third kappa shape index (κ3) is 2.06. The normalized spacial score (nSPS) is 8.92. The lowest BCUT2D eigenvalue weighted by Crippen LogP contribution is -2.28. The average molecular weight is 173 g/mol. The van der Waals surface area contributed by atoms with Gasteiger partial charge in [-0.1, -0.05) is 18.2 Å². The van der Waals surface area contributed by atoms with Crippen molar-refractivity contribution in [1.29, 1.82) is 10.7 Å². The molecule has 3 nitrogen and oxygen atoms in total. The van der Waals surface area contributed by atoms with Crippen molar-refractivity contribution in [2.75, 3.05) is 11.4 Å². The van der Waals surface area contributed by atoms with Crippen molar-refractivity contribution in [1.82, 2.24) is 0 Å². The van der Waals surface area contributed by atoms with Crippen LogP contribution < -0.4 is 4.90 Å². The predicted octanol–water partition coefficient (Wildman–Crippen LogP) is 2.01. The molecule has 0 unspecified atom stereocenters. The Hall–Kier alpha value is -1.82. The molecule has 1 rings (SSSR count). The highest BCUT2D eigenvalue weighted by Gasteiger charge is 2.07. The van der Waals surface area contributed by atoms with Crippen molar-refractivity contribution in [3.63, 3.8) is 0 Å². The van der Waals surface area contributed by atoms with E-state index in [1.165, 1.54) is 0 Å². The minimum Gasteiger partial charge on any atom is -0.318 e. The van der Waals surface area contributed by atoms with E-state index < -0.39 is 0 Å². The van der Waals surface area contributed by atoms with Crippen LogP contribution >= 0.6 is 0 Å². The fourth-order valence-corrected chi connectivity index (χ4v) is 1.14. The molecule has 0 aliphatic carbocycles. The molecular weight excluding hydrogens is 162 g/mol. The van der Waals surface area contributed by atoms with Gasteiger partial charge in [-0.25, -0.2) is 0 Å². The summed E-state index contributed by atoms with van der Waals surface area (Å²) in [6.45, 7) is 2.55. The van der Waals surface area contributed by atoms with Crippen LogP contribution in [0.4, 0.5) is 5.69 Å². The summed E-state index contributed by atoms with van der Waals surface area (Å²) in [6, 6.07) is 11.3. The minimum atomic E-state index is -0.0197. The SMILES string of the molecule is CCN(C(=N)C#N)c1ccccc1. The summed E-state index contributed by atoms with van der Waals surface area (Å²) in [5.41, 5.74) is 0.886. The van der Waals surface area contributed by atoms with Gasteiger partial charge in [0.2, 0.25) is 5.84 Å². The number of nitrogens with one attached hydrogen (secondary N) is 1. The first kappa shape index (κ1) is 9.27. The number of benzene rings is 1. The van der Waals surface area contributed by atoms with Crippen LogP contribution in [-0.4, -0.2) is 12.4 Å². The molecule has 1 aromatic rings.